The molecular formula is C10H9F3O2. The highest BCUT2D eigenvalue weighted by molar-refractivity contribution is 5.89. The lowest BCUT2D eigenvalue weighted by Crippen LogP contribution is -2.20. The van der Waals surface area contributed by atoms with Crippen LogP contribution in [0.3, 0.4) is 0 Å². The Hall–Kier alpha value is -1.52. The molecule has 0 aliphatic rings. The Morgan fingerprint density at radius 3 is 2.33 bits per heavy atom. The van der Waals surface area contributed by atoms with Gasteiger partial charge in [-0.25, -0.2) is 4.79 Å². The molecule has 0 aliphatic carbocycles. The van der Waals surface area contributed by atoms with Crippen molar-refractivity contribution in [3.05, 3.63) is 35.4 Å². The Kier molecular flexibility index (Phi) is 3.02. The van der Waals surface area contributed by atoms with E-state index in [1.54, 1.807) is 0 Å². The molecule has 1 N–H and O–H groups in total. The number of aromatic carboxylic acids is 1. The van der Waals surface area contributed by atoms with Crippen LogP contribution in [0.1, 0.15) is 28.8 Å². The third kappa shape index (κ3) is 2.49. The Balaban J connectivity index is 3.19. The summed E-state index contributed by atoms with van der Waals surface area (Å²) in [5.41, 5.74) is -0.514. The minimum Gasteiger partial charge on any atom is -0.478 e. The van der Waals surface area contributed by atoms with Crippen molar-refractivity contribution in [2.75, 3.05) is 0 Å². The second-order valence-electron chi connectivity index (χ2n) is 3.16. The molecule has 0 radical (unpaired) electrons. The zero-order chi connectivity index (χ0) is 11.6. The molecule has 2 nitrogen and oxygen atoms in total. The first-order valence-corrected chi connectivity index (χ1v) is 4.23. The third-order valence-electron chi connectivity index (χ3n) is 2.15. The van der Waals surface area contributed by atoms with Gasteiger partial charge in [0.25, 0.3) is 0 Å². The Labute approximate surface area is 84.3 Å². The van der Waals surface area contributed by atoms with Crippen LogP contribution in [-0.2, 0) is 0 Å². The fourth-order valence-corrected chi connectivity index (χ4v) is 1.25. The van der Waals surface area contributed by atoms with E-state index in [0.29, 0.717) is 0 Å². The predicted molar refractivity (Wildman–Crippen MR) is 47.9 cm³/mol. The van der Waals surface area contributed by atoms with Crippen LogP contribution in [-0.4, -0.2) is 17.3 Å². The third-order valence-corrected chi connectivity index (χ3v) is 2.15. The Morgan fingerprint density at radius 2 is 1.87 bits per heavy atom. The Bertz CT molecular complexity index is 371. The number of carbonyl (C=O) groups is 1. The lowest BCUT2D eigenvalue weighted by atomic mass is 9.95. The van der Waals surface area contributed by atoms with E-state index >= 15 is 0 Å². The molecule has 1 aromatic carbocycles. The Morgan fingerprint density at radius 1 is 1.33 bits per heavy atom. The normalized spacial score (nSPS) is 13.6. The molecule has 0 amide bonds. The number of carboxylic acids is 1. The molecule has 0 saturated heterocycles. The van der Waals surface area contributed by atoms with Crippen LogP contribution < -0.4 is 0 Å². The van der Waals surface area contributed by atoms with Crippen molar-refractivity contribution in [3.63, 3.8) is 0 Å². The van der Waals surface area contributed by atoms with E-state index in [0.717, 1.165) is 6.92 Å². The van der Waals surface area contributed by atoms with Gasteiger partial charge < -0.3 is 5.11 Å². The molecule has 0 fully saturated rings. The topological polar surface area (TPSA) is 37.3 Å². The fourth-order valence-electron chi connectivity index (χ4n) is 1.25. The molecule has 1 aromatic rings. The predicted octanol–water partition coefficient (Wildman–Crippen LogP) is 3.05. The standard InChI is InChI=1S/C10H9F3O2/c1-6(10(11,12)13)7-4-2-3-5-8(7)9(14)15/h2-6H,1H3,(H,14,15). The van der Waals surface area contributed by atoms with Crippen molar-refractivity contribution in [2.24, 2.45) is 0 Å². The minimum absolute atomic E-state index is 0.211. The van der Waals surface area contributed by atoms with E-state index in [2.05, 4.69) is 0 Å². The average molecular weight is 218 g/mol. The van der Waals surface area contributed by atoms with Gasteiger partial charge in [0, 0.05) is 0 Å². The second kappa shape index (κ2) is 3.92. The molecule has 0 spiro atoms. The summed E-state index contributed by atoms with van der Waals surface area (Å²) < 4.78 is 37.2. The maximum Gasteiger partial charge on any atom is 0.395 e. The number of carboxylic acid groups (broad SMARTS) is 1. The van der Waals surface area contributed by atoms with Crippen LogP contribution in [0.25, 0.3) is 0 Å². The molecule has 0 heterocycles. The molecule has 82 valence electrons. The van der Waals surface area contributed by atoms with Crippen LogP contribution in [0.15, 0.2) is 24.3 Å². The first-order chi connectivity index (χ1) is 6.84. The fraction of sp³-hybridized carbons (Fsp3) is 0.300. The summed E-state index contributed by atoms with van der Waals surface area (Å²) >= 11 is 0. The number of hydrogen-bond acceptors (Lipinski definition) is 1. The van der Waals surface area contributed by atoms with Gasteiger partial charge in [0.05, 0.1) is 11.5 Å². The number of hydrogen-bond donors (Lipinski definition) is 1. The lowest BCUT2D eigenvalue weighted by Gasteiger charge is -2.17. The maximum absolute atomic E-state index is 12.4. The maximum atomic E-state index is 12.4. The van der Waals surface area contributed by atoms with E-state index in [1.807, 2.05) is 0 Å². The molecule has 1 rings (SSSR count). The van der Waals surface area contributed by atoms with Crippen molar-refractivity contribution in [1.82, 2.24) is 0 Å². The van der Waals surface area contributed by atoms with Gasteiger partial charge in [0.15, 0.2) is 0 Å². The summed E-state index contributed by atoms with van der Waals surface area (Å²) in [4.78, 5) is 10.7. The number of benzene rings is 1. The largest absolute Gasteiger partial charge is 0.478 e. The molecule has 15 heavy (non-hydrogen) atoms. The van der Waals surface area contributed by atoms with Crippen LogP contribution in [0.5, 0.6) is 0 Å². The van der Waals surface area contributed by atoms with Crippen LogP contribution in [0.2, 0.25) is 0 Å². The highest BCUT2D eigenvalue weighted by Gasteiger charge is 2.38. The van der Waals surface area contributed by atoms with Gasteiger partial charge in [0.1, 0.15) is 0 Å². The molecule has 5 heteroatoms. The molecule has 0 aromatic heterocycles. The smallest absolute Gasteiger partial charge is 0.395 e. The van der Waals surface area contributed by atoms with E-state index in [9.17, 15) is 18.0 Å². The van der Waals surface area contributed by atoms with E-state index in [1.165, 1.54) is 24.3 Å². The number of halogens is 3. The van der Waals surface area contributed by atoms with Crippen molar-refractivity contribution in [1.29, 1.82) is 0 Å². The number of rotatable bonds is 2. The monoisotopic (exact) mass is 218 g/mol. The van der Waals surface area contributed by atoms with Gasteiger partial charge in [-0.2, -0.15) is 13.2 Å². The summed E-state index contributed by atoms with van der Waals surface area (Å²) in [5, 5.41) is 8.71. The summed E-state index contributed by atoms with van der Waals surface area (Å²) in [5.74, 6) is -3.12. The van der Waals surface area contributed by atoms with Gasteiger partial charge in [-0.15, -0.1) is 0 Å². The molecule has 0 saturated carbocycles. The molecular weight excluding hydrogens is 209 g/mol. The van der Waals surface area contributed by atoms with Crippen LogP contribution in [0, 0.1) is 0 Å². The zero-order valence-corrected chi connectivity index (χ0v) is 7.88. The zero-order valence-electron chi connectivity index (χ0n) is 7.88. The van der Waals surface area contributed by atoms with Crippen LogP contribution in [0.4, 0.5) is 13.2 Å². The first kappa shape index (κ1) is 11.6. The summed E-state index contributed by atoms with van der Waals surface area (Å²) in [7, 11) is 0. The van der Waals surface area contributed by atoms with Gasteiger partial charge in [0.2, 0.25) is 0 Å². The van der Waals surface area contributed by atoms with Crippen LogP contribution >= 0.6 is 0 Å². The lowest BCUT2D eigenvalue weighted by molar-refractivity contribution is -0.146. The molecule has 0 bridgehead atoms. The molecule has 1 atom stereocenters. The van der Waals surface area contributed by atoms with Gasteiger partial charge in [-0.05, 0) is 18.6 Å². The summed E-state index contributed by atoms with van der Waals surface area (Å²) in [6.07, 6.45) is -4.43. The van der Waals surface area contributed by atoms with Gasteiger partial charge in [-0.1, -0.05) is 18.2 Å². The average Bonchev–Trinajstić information content (AvgIpc) is 2.15. The van der Waals surface area contributed by atoms with Crippen molar-refractivity contribution in [2.45, 2.75) is 19.0 Å². The first-order valence-electron chi connectivity index (χ1n) is 4.23. The highest BCUT2D eigenvalue weighted by Crippen LogP contribution is 2.35. The SMILES string of the molecule is CC(c1ccccc1C(=O)O)C(F)(F)F. The van der Waals surface area contributed by atoms with Crippen molar-refractivity contribution < 1.29 is 23.1 Å². The summed E-state index contributed by atoms with van der Waals surface area (Å²) in [6.45, 7) is 0.946. The van der Waals surface area contributed by atoms with E-state index < -0.39 is 18.1 Å². The van der Waals surface area contributed by atoms with E-state index in [-0.39, 0.29) is 11.1 Å². The highest BCUT2D eigenvalue weighted by atomic mass is 19.4. The second-order valence-corrected chi connectivity index (χ2v) is 3.16. The van der Waals surface area contributed by atoms with Gasteiger partial charge in [-0.3, -0.25) is 0 Å². The van der Waals surface area contributed by atoms with Crippen molar-refractivity contribution >= 4 is 5.97 Å². The quantitative estimate of drug-likeness (QED) is 0.828. The number of alkyl halides is 3. The molecule has 0 aliphatic heterocycles. The van der Waals surface area contributed by atoms with Crippen molar-refractivity contribution in [3.8, 4) is 0 Å². The molecule has 1 unspecified atom stereocenters. The van der Waals surface area contributed by atoms with E-state index in [4.69, 9.17) is 5.11 Å². The minimum atomic E-state index is -4.43. The van der Waals surface area contributed by atoms with Gasteiger partial charge >= 0.3 is 12.1 Å². The summed E-state index contributed by atoms with van der Waals surface area (Å²) in [6, 6.07) is 5.14.